The van der Waals surface area contributed by atoms with E-state index in [0.29, 0.717) is 0 Å². The van der Waals surface area contributed by atoms with Crippen LogP contribution in [0, 0.1) is 13.8 Å². The van der Waals surface area contributed by atoms with Crippen molar-refractivity contribution in [2.75, 3.05) is 0 Å². The fraction of sp³-hybridized carbons (Fsp3) is 0.0877. The van der Waals surface area contributed by atoms with E-state index >= 15 is 0 Å². The van der Waals surface area contributed by atoms with Crippen molar-refractivity contribution >= 4 is 73.9 Å². The summed E-state index contributed by atoms with van der Waals surface area (Å²) in [4.78, 5) is 0. The molecule has 0 aliphatic carbocycles. The summed E-state index contributed by atoms with van der Waals surface area (Å²) in [6, 6.07) is 43.3. The summed E-state index contributed by atoms with van der Waals surface area (Å²) >= 11 is 0. The lowest BCUT2D eigenvalue weighted by Crippen LogP contribution is -1.97. The molecule has 3 aromatic heterocycles. The zero-order valence-electron chi connectivity index (χ0n) is 35.3. The highest BCUT2D eigenvalue weighted by Gasteiger charge is 2.19. The Morgan fingerprint density at radius 3 is 1.87 bits per heavy atom. The van der Waals surface area contributed by atoms with Crippen molar-refractivity contribution in [2.24, 2.45) is 0 Å². The summed E-state index contributed by atoms with van der Waals surface area (Å²) in [5.74, 6) is 0. The zero-order chi connectivity index (χ0) is 41.9. The SMILES string of the molecule is C=C/C=C\C(=C/C)n1c(C)c(/C=C(\C)c2ccc3c(c2)c(C=C)c(/C=C\C)n3-c2ccccc2)c2cc(C(=C)/C=C\c3c(C)c4ccccc4n3-c3ccccc3)ccc21. The fourth-order valence-electron chi connectivity index (χ4n) is 8.65. The maximum atomic E-state index is 4.61. The van der Waals surface area contributed by atoms with Crippen molar-refractivity contribution < 1.29 is 0 Å². The Morgan fingerprint density at radius 1 is 0.600 bits per heavy atom. The Labute approximate surface area is 354 Å². The molecule has 0 radical (unpaired) electrons. The second-order valence-electron chi connectivity index (χ2n) is 15.2. The molecule has 0 fully saturated rings. The molecule has 5 aromatic carbocycles. The minimum Gasteiger partial charge on any atom is -0.314 e. The Morgan fingerprint density at radius 2 is 1.20 bits per heavy atom. The number of rotatable bonds is 12. The number of aromatic nitrogens is 3. The van der Waals surface area contributed by atoms with Gasteiger partial charge in [-0.1, -0.05) is 123 Å². The van der Waals surface area contributed by atoms with E-state index in [4.69, 9.17) is 0 Å². The molecule has 0 unspecified atom stereocenters. The minimum absolute atomic E-state index is 0.943. The van der Waals surface area contributed by atoms with E-state index in [1.807, 2.05) is 18.2 Å². The van der Waals surface area contributed by atoms with Gasteiger partial charge in [-0.3, -0.25) is 0 Å². The molecule has 60 heavy (non-hydrogen) atoms. The summed E-state index contributed by atoms with van der Waals surface area (Å²) in [6.45, 7) is 23.6. The summed E-state index contributed by atoms with van der Waals surface area (Å²) in [6.07, 6.45) is 21.1. The van der Waals surface area contributed by atoms with Crippen molar-refractivity contribution in [1.29, 1.82) is 0 Å². The van der Waals surface area contributed by atoms with Crippen molar-refractivity contribution in [2.45, 2.75) is 34.6 Å². The molecule has 0 aliphatic rings. The van der Waals surface area contributed by atoms with Crippen molar-refractivity contribution in [3.63, 3.8) is 0 Å². The van der Waals surface area contributed by atoms with Crippen LogP contribution in [0.2, 0.25) is 0 Å². The van der Waals surface area contributed by atoms with Crippen LogP contribution in [0.4, 0.5) is 0 Å². The lowest BCUT2D eigenvalue weighted by atomic mass is 9.98. The molecule has 8 rings (SSSR count). The van der Waals surface area contributed by atoms with Crippen LogP contribution in [0.5, 0.6) is 0 Å². The second-order valence-corrected chi connectivity index (χ2v) is 15.2. The molecule has 8 aromatic rings. The van der Waals surface area contributed by atoms with Crippen LogP contribution in [0.3, 0.4) is 0 Å². The topological polar surface area (TPSA) is 14.8 Å². The minimum atomic E-state index is 0.943. The van der Waals surface area contributed by atoms with E-state index in [-0.39, 0.29) is 0 Å². The molecule has 0 saturated carbocycles. The standard InChI is InChI=1S/C57H51N3/c1-9-13-23-45(11-3)58-42(8)50(36-40(6)44-32-35-57-51(38-44)48(12-4)54(22-10-2)60(57)47-26-18-15-19-27-47)52-37-43(31-34-56(52)58)39(5)30-33-53-41(7)49-28-20-21-29-55(49)59(53)46-24-16-14-17-25-46/h9-38H,1,4-5H2,2-3,6-8H3/b22-10-,23-13-,33-30-,40-36+,45-11+. The molecule has 0 bridgehead atoms. The number of aryl methyl sites for hydroxylation is 1. The number of allylic oxidation sites excluding steroid dienone is 9. The maximum Gasteiger partial charge on any atom is 0.0541 e. The highest BCUT2D eigenvalue weighted by Crippen LogP contribution is 2.38. The first kappa shape index (κ1) is 39.5. The van der Waals surface area contributed by atoms with Gasteiger partial charge in [-0.25, -0.2) is 0 Å². The van der Waals surface area contributed by atoms with E-state index in [1.165, 1.54) is 38.4 Å². The van der Waals surface area contributed by atoms with Gasteiger partial charge in [-0.05, 0) is 141 Å². The molecule has 294 valence electrons. The van der Waals surface area contributed by atoms with E-state index in [0.717, 1.165) is 67.5 Å². The van der Waals surface area contributed by atoms with Crippen molar-refractivity contribution in [3.8, 4) is 11.4 Å². The molecule has 0 spiro atoms. The first-order chi connectivity index (χ1) is 29.3. The number of hydrogen-bond donors (Lipinski definition) is 0. The molecule has 0 amide bonds. The largest absolute Gasteiger partial charge is 0.314 e. The van der Waals surface area contributed by atoms with Gasteiger partial charge in [-0.15, -0.1) is 0 Å². The monoisotopic (exact) mass is 777 g/mol. The van der Waals surface area contributed by atoms with Gasteiger partial charge < -0.3 is 13.7 Å². The third-order valence-electron chi connectivity index (χ3n) is 11.6. The van der Waals surface area contributed by atoms with E-state index in [1.54, 1.807) is 0 Å². The van der Waals surface area contributed by atoms with Crippen molar-refractivity contribution in [1.82, 2.24) is 13.7 Å². The lowest BCUT2D eigenvalue weighted by molar-refractivity contribution is 1.09. The van der Waals surface area contributed by atoms with Crippen LogP contribution in [-0.4, -0.2) is 13.7 Å². The normalized spacial score (nSPS) is 12.6. The second kappa shape index (κ2) is 16.9. The van der Waals surface area contributed by atoms with Crippen LogP contribution in [-0.2, 0) is 0 Å². The summed E-state index contributed by atoms with van der Waals surface area (Å²) in [7, 11) is 0. The molecule has 0 N–H and O–H groups in total. The number of benzene rings is 5. The summed E-state index contributed by atoms with van der Waals surface area (Å²) < 4.78 is 7.02. The quantitative estimate of drug-likeness (QED) is 0.110. The van der Waals surface area contributed by atoms with Gasteiger partial charge in [0.2, 0.25) is 0 Å². The molecule has 3 heteroatoms. The van der Waals surface area contributed by atoms with Gasteiger partial charge in [0.1, 0.15) is 0 Å². The molecular formula is C57H51N3. The Kier molecular flexibility index (Phi) is 11.1. The van der Waals surface area contributed by atoms with Gasteiger partial charge in [0.05, 0.1) is 22.2 Å². The smallest absolute Gasteiger partial charge is 0.0541 e. The highest BCUT2D eigenvalue weighted by molar-refractivity contribution is 6.02. The van der Waals surface area contributed by atoms with Crippen LogP contribution in [0.25, 0.3) is 85.2 Å². The number of para-hydroxylation sites is 3. The molecule has 0 saturated heterocycles. The Balaban J connectivity index is 1.25. The van der Waals surface area contributed by atoms with Gasteiger partial charge in [-0.2, -0.15) is 0 Å². The Hall–Kier alpha value is -7.36. The Bertz CT molecular complexity index is 3110. The molecule has 3 heterocycles. The molecule has 3 nitrogen and oxygen atoms in total. The maximum absolute atomic E-state index is 4.61. The average Bonchev–Trinajstić information content (AvgIpc) is 3.86. The van der Waals surface area contributed by atoms with Crippen molar-refractivity contribution in [3.05, 3.63) is 222 Å². The van der Waals surface area contributed by atoms with Crippen LogP contribution >= 0.6 is 0 Å². The van der Waals surface area contributed by atoms with E-state index in [9.17, 15) is 0 Å². The van der Waals surface area contributed by atoms with Gasteiger partial charge in [0.15, 0.2) is 0 Å². The number of nitrogens with zero attached hydrogens (tertiary/aromatic N) is 3. The van der Waals surface area contributed by atoms with E-state index in [2.05, 4.69) is 232 Å². The van der Waals surface area contributed by atoms with Gasteiger partial charge in [0.25, 0.3) is 0 Å². The summed E-state index contributed by atoms with van der Waals surface area (Å²) in [5.41, 5.74) is 18.1. The molecule has 0 atom stereocenters. The number of fused-ring (bicyclic) bond motifs is 3. The number of hydrogen-bond acceptors (Lipinski definition) is 0. The van der Waals surface area contributed by atoms with E-state index < -0.39 is 0 Å². The summed E-state index contributed by atoms with van der Waals surface area (Å²) in [5, 5.41) is 3.58. The zero-order valence-corrected chi connectivity index (χ0v) is 35.3. The predicted molar refractivity (Wildman–Crippen MR) is 264 cm³/mol. The molecule has 0 aliphatic heterocycles. The fourth-order valence-corrected chi connectivity index (χ4v) is 8.65. The van der Waals surface area contributed by atoms with Gasteiger partial charge in [0, 0.05) is 55.7 Å². The third kappa shape index (κ3) is 6.99. The highest BCUT2D eigenvalue weighted by atomic mass is 15.0. The van der Waals surface area contributed by atoms with Crippen LogP contribution < -0.4 is 0 Å². The van der Waals surface area contributed by atoms with Crippen LogP contribution in [0.15, 0.2) is 178 Å². The van der Waals surface area contributed by atoms with Gasteiger partial charge >= 0.3 is 0 Å². The third-order valence-corrected chi connectivity index (χ3v) is 11.6. The lowest BCUT2D eigenvalue weighted by Gasteiger charge is -2.10. The van der Waals surface area contributed by atoms with Crippen LogP contribution in [0.1, 0.15) is 65.7 Å². The molecular weight excluding hydrogens is 727 g/mol. The first-order valence-electron chi connectivity index (χ1n) is 20.6. The average molecular weight is 778 g/mol. The predicted octanol–water partition coefficient (Wildman–Crippen LogP) is 15.7. The first-order valence-corrected chi connectivity index (χ1v) is 20.6.